The molecule has 0 bridgehead atoms. The molecule has 2 aromatic heterocycles. The maximum absolute atomic E-state index is 13.5. The fraction of sp³-hybridized carbons (Fsp3) is 0.368. The summed E-state index contributed by atoms with van der Waals surface area (Å²) in [7, 11) is 0. The van der Waals surface area contributed by atoms with Crippen LogP contribution < -0.4 is 5.56 Å². The average Bonchev–Trinajstić information content (AvgIpc) is 2.91. The third-order valence-electron chi connectivity index (χ3n) is 4.52. The number of aryl methyl sites for hydroxylation is 1. The van der Waals surface area contributed by atoms with Crippen molar-refractivity contribution in [2.75, 3.05) is 6.26 Å². The van der Waals surface area contributed by atoms with Crippen molar-refractivity contribution in [2.24, 2.45) is 0 Å². The van der Waals surface area contributed by atoms with E-state index in [9.17, 15) is 4.79 Å². The summed E-state index contributed by atoms with van der Waals surface area (Å²) in [4.78, 5) is 20.5. The smallest absolute Gasteiger partial charge is 0.267 e. The standard InChI is InChI=1S/C19H20N2OS3/c1-11-6-5-7-12(8-11)21-17(22)15-13-9-19(2,3)24-10-14(13)25-16(15)20-18(21)23-4/h5-8H,9-10H2,1-4H3. The van der Waals surface area contributed by atoms with Crippen molar-refractivity contribution < 1.29 is 0 Å². The monoisotopic (exact) mass is 388 g/mol. The third kappa shape index (κ3) is 2.94. The fourth-order valence-electron chi connectivity index (χ4n) is 3.31. The fourth-order valence-corrected chi connectivity index (χ4v) is 6.25. The van der Waals surface area contributed by atoms with Crippen molar-refractivity contribution in [3.63, 3.8) is 0 Å². The Hall–Kier alpha value is -1.24. The van der Waals surface area contributed by atoms with E-state index in [-0.39, 0.29) is 10.3 Å². The molecule has 130 valence electrons. The van der Waals surface area contributed by atoms with E-state index in [1.807, 2.05) is 49.2 Å². The van der Waals surface area contributed by atoms with Crippen LogP contribution in [0.15, 0.2) is 34.2 Å². The van der Waals surface area contributed by atoms with Crippen molar-refractivity contribution >= 4 is 45.1 Å². The maximum Gasteiger partial charge on any atom is 0.267 e. The van der Waals surface area contributed by atoms with E-state index in [4.69, 9.17) is 4.98 Å². The number of benzene rings is 1. The van der Waals surface area contributed by atoms with E-state index >= 15 is 0 Å². The first-order valence-electron chi connectivity index (χ1n) is 8.22. The second-order valence-corrected chi connectivity index (χ2v) is 10.5. The Morgan fingerprint density at radius 3 is 2.84 bits per heavy atom. The zero-order valence-corrected chi connectivity index (χ0v) is 17.2. The van der Waals surface area contributed by atoms with Crippen molar-refractivity contribution in [1.29, 1.82) is 0 Å². The molecule has 25 heavy (non-hydrogen) atoms. The van der Waals surface area contributed by atoms with Crippen molar-refractivity contribution in [3.05, 3.63) is 50.6 Å². The molecule has 4 rings (SSSR count). The lowest BCUT2D eigenvalue weighted by molar-refractivity contribution is 0.698. The minimum absolute atomic E-state index is 0.0696. The van der Waals surface area contributed by atoms with Gasteiger partial charge in [0.05, 0.1) is 11.1 Å². The second-order valence-electron chi connectivity index (χ2n) is 6.99. The first kappa shape index (κ1) is 17.2. The topological polar surface area (TPSA) is 34.9 Å². The molecule has 0 saturated carbocycles. The summed E-state index contributed by atoms with van der Waals surface area (Å²) < 4.78 is 1.95. The molecule has 0 spiro atoms. The molecule has 3 heterocycles. The van der Waals surface area contributed by atoms with Crippen molar-refractivity contribution in [2.45, 2.75) is 42.8 Å². The normalized spacial score (nSPS) is 16.2. The van der Waals surface area contributed by atoms with Crippen molar-refractivity contribution in [1.82, 2.24) is 9.55 Å². The molecule has 0 unspecified atom stereocenters. The summed E-state index contributed by atoms with van der Waals surface area (Å²) in [5.41, 5.74) is 3.32. The molecular formula is C19H20N2OS3. The molecule has 3 nitrogen and oxygen atoms in total. The molecule has 1 aliphatic rings. The quantitative estimate of drug-likeness (QED) is 0.455. The number of rotatable bonds is 2. The van der Waals surface area contributed by atoms with Gasteiger partial charge < -0.3 is 0 Å². The molecule has 0 amide bonds. The predicted molar refractivity (Wildman–Crippen MR) is 111 cm³/mol. The van der Waals surface area contributed by atoms with Crippen LogP contribution in [0.25, 0.3) is 15.9 Å². The highest BCUT2D eigenvalue weighted by Gasteiger charge is 2.31. The van der Waals surface area contributed by atoms with Gasteiger partial charge in [-0.15, -0.1) is 23.1 Å². The molecule has 6 heteroatoms. The highest BCUT2D eigenvalue weighted by Crippen LogP contribution is 2.44. The van der Waals surface area contributed by atoms with Crippen LogP contribution in [-0.4, -0.2) is 20.6 Å². The summed E-state index contributed by atoms with van der Waals surface area (Å²) in [6.07, 6.45) is 2.91. The first-order chi connectivity index (χ1) is 11.9. The van der Waals surface area contributed by atoms with E-state index in [1.165, 1.54) is 22.2 Å². The second kappa shape index (κ2) is 6.18. The summed E-state index contributed by atoms with van der Waals surface area (Å²) in [6.45, 7) is 6.56. The number of fused-ring (bicyclic) bond motifs is 3. The van der Waals surface area contributed by atoms with Crippen LogP contribution in [0.4, 0.5) is 0 Å². The lowest BCUT2D eigenvalue weighted by Crippen LogP contribution is -2.26. The molecule has 0 aliphatic carbocycles. The average molecular weight is 389 g/mol. The van der Waals surface area contributed by atoms with Gasteiger partial charge in [-0.1, -0.05) is 37.7 Å². The van der Waals surface area contributed by atoms with Gasteiger partial charge in [0.1, 0.15) is 4.83 Å². The number of thioether (sulfide) groups is 2. The predicted octanol–water partition coefficient (Wildman–Crippen LogP) is 5.05. The number of nitrogens with zero attached hydrogens (tertiary/aromatic N) is 2. The zero-order chi connectivity index (χ0) is 17.8. The lowest BCUT2D eigenvalue weighted by atomic mass is 10.00. The SMILES string of the molecule is CSc1nc2sc3c(c2c(=O)n1-c1cccc(C)c1)CC(C)(C)SC3. The molecule has 0 radical (unpaired) electrons. The van der Waals surface area contributed by atoms with Gasteiger partial charge in [-0.25, -0.2) is 4.98 Å². The van der Waals surface area contributed by atoms with E-state index < -0.39 is 0 Å². The van der Waals surface area contributed by atoms with Gasteiger partial charge in [0.15, 0.2) is 5.16 Å². The molecule has 1 aromatic carbocycles. The van der Waals surface area contributed by atoms with E-state index in [0.29, 0.717) is 0 Å². The third-order valence-corrected chi connectivity index (χ3v) is 7.82. The first-order valence-corrected chi connectivity index (χ1v) is 11.2. The molecule has 1 aliphatic heterocycles. The van der Waals surface area contributed by atoms with Crippen LogP contribution in [0.5, 0.6) is 0 Å². The van der Waals surface area contributed by atoms with Crippen molar-refractivity contribution in [3.8, 4) is 5.69 Å². The van der Waals surface area contributed by atoms with Gasteiger partial charge in [0, 0.05) is 15.4 Å². The van der Waals surface area contributed by atoms with Crippen LogP contribution in [0.1, 0.15) is 29.9 Å². The molecule has 0 atom stereocenters. The van der Waals surface area contributed by atoms with Gasteiger partial charge in [-0.3, -0.25) is 9.36 Å². The molecule has 3 aromatic rings. The van der Waals surface area contributed by atoms with E-state index in [0.717, 1.165) is 38.8 Å². The van der Waals surface area contributed by atoms with Gasteiger partial charge in [0.25, 0.3) is 5.56 Å². The lowest BCUT2D eigenvalue weighted by Gasteiger charge is -2.28. The zero-order valence-electron chi connectivity index (χ0n) is 14.8. The molecule has 0 N–H and O–H groups in total. The number of hydrogen-bond acceptors (Lipinski definition) is 5. The summed E-state index contributed by atoms with van der Waals surface area (Å²) in [5, 5.41) is 1.58. The molecule has 0 saturated heterocycles. The van der Waals surface area contributed by atoms with E-state index in [2.05, 4.69) is 13.8 Å². The number of thiophene rings is 1. The van der Waals surface area contributed by atoms with Crippen LogP contribution >= 0.6 is 34.9 Å². The maximum atomic E-state index is 13.5. The van der Waals surface area contributed by atoms with Gasteiger partial charge in [-0.2, -0.15) is 0 Å². The Morgan fingerprint density at radius 2 is 2.12 bits per heavy atom. The largest absolute Gasteiger partial charge is 0.268 e. The summed E-state index contributed by atoms with van der Waals surface area (Å²) >= 11 is 5.18. The minimum atomic E-state index is 0.0696. The minimum Gasteiger partial charge on any atom is -0.268 e. The molecule has 0 fully saturated rings. The Bertz CT molecular complexity index is 1030. The summed E-state index contributed by atoms with van der Waals surface area (Å²) in [5.74, 6) is 0.974. The van der Waals surface area contributed by atoms with Gasteiger partial charge >= 0.3 is 0 Å². The molecular weight excluding hydrogens is 368 g/mol. The van der Waals surface area contributed by atoms with Gasteiger partial charge in [0.2, 0.25) is 0 Å². The summed E-state index contributed by atoms with van der Waals surface area (Å²) in [6, 6.07) is 8.08. The Kier molecular flexibility index (Phi) is 4.25. The van der Waals surface area contributed by atoms with Gasteiger partial charge in [-0.05, 0) is 42.9 Å². The van der Waals surface area contributed by atoms with Crippen LogP contribution in [0.2, 0.25) is 0 Å². The Labute approximate surface area is 159 Å². The highest BCUT2D eigenvalue weighted by atomic mass is 32.2. The van der Waals surface area contributed by atoms with Crippen LogP contribution in [0, 0.1) is 6.92 Å². The Morgan fingerprint density at radius 1 is 1.32 bits per heavy atom. The van der Waals surface area contributed by atoms with Crippen LogP contribution in [-0.2, 0) is 12.2 Å². The van der Waals surface area contributed by atoms with E-state index in [1.54, 1.807) is 15.9 Å². The van der Waals surface area contributed by atoms with Crippen LogP contribution in [0.3, 0.4) is 0 Å². The Balaban J connectivity index is 2.04. The number of aromatic nitrogens is 2. The highest BCUT2D eigenvalue weighted by molar-refractivity contribution is 8.00. The number of hydrogen-bond donors (Lipinski definition) is 0.